The second-order valence-electron chi connectivity index (χ2n) is 5.30. The molecule has 108 valence electrons. The maximum atomic E-state index is 13.1. The molecule has 0 saturated heterocycles. The van der Waals surface area contributed by atoms with E-state index < -0.39 is 5.82 Å². The van der Waals surface area contributed by atoms with Crippen LogP contribution in [0, 0.1) is 5.82 Å². The van der Waals surface area contributed by atoms with E-state index in [0.717, 1.165) is 24.7 Å². The predicted octanol–water partition coefficient (Wildman–Crippen LogP) is 3.36. The number of fused-ring (bicyclic) bond motifs is 1. The first-order valence-corrected chi connectivity index (χ1v) is 7.75. The number of aromatic hydroxyl groups is 1. The van der Waals surface area contributed by atoms with Gasteiger partial charge in [0, 0.05) is 12.0 Å². The number of phenolic OH excluding ortho intramolecular Hbond substituents is 1. The van der Waals surface area contributed by atoms with Crippen LogP contribution in [0.15, 0.2) is 18.2 Å². The maximum Gasteiger partial charge on any atom is 0.234 e. The summed E-state index contributed by atoms with van der Waals surface area (Å²) in [6, 6.07) is 3.94. The molecule has 0 atom stereocenters. The first-order chi connectivity index (χ1) is 10.2. The van der Waals surface area contributed by atoms with Crippen LogP contribution >= 0.6 is 11.3 Å². The standard InChI is InChI=1S/C14H13FN4OS/c15-9-5-6-10(11(20)7-9)13-18-19-12(8-3-1-2-4-8)16-17-14(19)21-13/h5-8,20H,1-4H2. The topological polar surface area (TPSA) is 63.3 Å². The largest absolute Gasteiger partial charge is 0.507 e. The highest BCUT2D eigenvalue weighted by molar-refractivity contribution is 7.19. The van der Waals surface area contributed by atoms with Gasteiger partial charge in [-0.25, -0.2) is 4.39 Å². The second kappa shape index (κ2) is 4.77. The lowest BCUT2D eigenvalue weighted by molar-refractivity contribution is 0.471. The number of hydrogen-bond donors (Lipinski definition) is 1. The fourth-order valence-electron chi connectivity index (χ4n) is 2.87. The number of aromatic nitrogens is 4. The number of phenols is 1. The van der Waals surface area contributed by atoms with Crippen molar-refractivity contribution < 1.29 is 9.50 Å². The Morgan fingerprint density at radius 2 is 2.05 bits per heavy atom. The van der Waals surface area contributed by atoms with Gasteiger partial charge in [0.05, 0.1) is 5.56 Å². The molecule has 5 nitrogen and oxygen atoms in total. The van der Waals surface area contributed by atoms with Crippen molar-refractivity contribution in [2.45, 2.75) is 31.6 Å². The van der Waals surface area contributed by atoms with Crippen molar-refractivity contribution in [3.8, 4) is 16.3 Å². The summed E-state index contributed by atoms with van der Waals surface area (Å²) in [4.78, 5) is 0.704. The first-order valence-electron chi connectivity index (χ1n) is 6.93. The highest BCUT2D eigenvalue weighted by Crippen LogP contribution is 2.36. The minimum atomic E-state index is -0.467. The Kier molecular flexibility index (Phi) is 2.88. The molecule has 7 heteroatoms. The summed E-state index contributed by atoms with van der Waals surface area (Å²) in [5.74, 6) is 0.733. The minimum Gasteiger partial charge on any atom is -0.507 e. The van der Waals surface area contributed by atoms with Crippen LogP contribution in [0.4, 0.5) is 4.39 Å². The average Bonchev–Trinajstić information content (AvgIpc) is 3.13. The number of rotatable bonds is 2. The molecule has 0 radical (unpaired) electrons. The molecule has 1 N–H and O–H groups in total. The van der Waals surface area contributed by atoms with E-state index in [-0.39, 0.29) is 5.75 Å². The van der Waals surface area contributed by atoms with Gasteiger partial charge in [0.1, 0.15) is 11.6 Å². The zero-order valence-electron chi connectivity index (χ0n) is 11.2. The highest BCUT2D eigenvalue weighted by Gasteiger charge is 2.24. The van der Waals surface area contributed by atoms with E-state index in [1.807, 2.05) is 0 Å². The molecule has 1 aliphatic carbocycles. The summed E-state index contributed by atoms with van der Waals surface area (Å²) < 4.78 is 14.8. The van der Waals surface area contributed by atoms with Gasteiger partial charge in [-0.05, 0) is 25.0 Å². The Morgan fingerprint density at radius 3 is 2.81 bits per heavy atom. The molecular formula is C14H13FN4OS. The second-order valence-corrected chi connectivity index (χ2v) is 6.26. The van der Waals surface area contributed by atoms with Crippen molar-refractivity contribution in [1.82, 2.24) is 19.8 Å². The van der Waals surface area contributed by atoms with Crippen molar-refractivity contribution in [2.24, 2.45) is 0 Å². The van der Waals surface area contributed by atoms with E-state index in [1.54, 1.807) is 4.52 Å². The number of nitrogens with zero attached hydrogens (tertiary/aromatic N) is 4. The molecule has 2 heterocycles. The third kappa shape index (κ3) is 2.08. The summed E-state index contributed by atoms with van der Waals surface area (Å²) in [6.45, 7) is 0. The van der Waals surface area contributed by atoms with E-state index in [4.69, 9.17) is 0 Å². The summed E-state index contributed by atoms with van der Waals surface area (Å²) in [5.41, 5.74) is 0.518. The molecule has 1 aliphatic rings. The van der Waals surface area contributed by atoms with Gasteiger partial charge in [0.15, 0.2) is 10.8 Å². The monoisotopic (exact) mass is 304 g/mol. The normalized spacial score (nSPS) is 16.0. The molecule has 4 rings (SSSR count). The predicted molar refractivity (Wildman–Crippen MR) is 76.9 cm³/mol. The molecule has 21 heavy (non-hydrogen) atoms. The lowest BCUT2D eigenvalue weighted by Crippen LogP contribution is -2.01. The molecule has 0 aliphatic heterocycles. The van der Waals surface area contributed by atoms with Crippen LogP contribution in [0.1, 0.15) is 37.4 Å². The van der Waals surface area contributed by atoms with Crippen LogP contribution < -0.4 is 0 Å². The third-order valence-corrected chi connectivity index (χ3v) is 4.86. The van der Waals surface area contributed by atoms with Gasteiger partial charge in [0.2, 0.25) is 4.96 Å². The Bertz CT molecular complexity index is 807. The quantitative estimate of drug-likeness (QED) is 0.788. The number of hydrogen-bond acceptors (Lipinski definition) is 5. The Morgan fingerprint density at radius 1 is 1.24 bits per heavy atom. The average molecular weight is 304 g/mol. The lowest BCUT2D eigenvalue weighted by Gasteiger charge is -2.03. The number of halogens is 1. The van der Waals surface area contributed by atoms with Crippen molar-refractivity contribution in [2.75, 3.05) is 0 Å². The van der Waals surface area contributed by atoms with Crippen molar-refractivity contribution in [1.29, 1.82) is 0 Å². The Labute approximate surface area is 124 Å². The van der Waals surface area contributed by atoms with Gasteiger partial charge in [-0.1, -0.05) is 24.2 Å². The van der Waals surface area contributed by atoms with Gasteiger partial charge >= 0.3 is 0 Å². The highest BCUT2D eigenvalue weighted by atomic mass is 32.1. The molecule has 1 aromatic carbocycles. The minimum absolute atomic E-state index is 0.109. The SMILES string of the molecule is Oc1cc(F)ccc1-c1nn2c(C3CCCC3)nnc2s1. The van der Waals surface area contributed by atoms with Gasteiger partial charge in [-0.2, -0.15) is 9.61 Å². The summed E-state index contributed by atoms with van der Waals surface area (Å²) >= 11 is 1.35. The van der Waals surface area contributed by atoms with Crippen LogP contribution in [-0.2, 0) is 0 Å². The van der Waals surface area contributed by atoms with Gasteiger partial charge < -0.3 is 5.11 Å². The van der Waals surface area contributed by atoms with Crippen molar-refractivity contribution in [3.05, 3.63) is 29.8 Å². The van der Waals surface area contributed by atoms with E-state index in [9.17, 15) is 9.50 Å². The fourth-order valence-corrected chi connectivity index (χ4v) is 3.75. The molecule has 1 saturated carbocycles. The Hall–Kier alpha value is -2.02. The van der Waals surface area contributed by atoms with Crippen LogP contribution in [-0.4, -0.2) is 24.9 Å². The fraction of sp³-hybridized carbons (Fsp3) is 0.357. The number of benzene rings is 1. The molecule has 0 spiro atoms. The van der Waals surface area contributed by atoms with E-state index in [0.29, 0.717) is 21.4 Å². The van der Waals surface area contributed by atoms with E-state index >= 15 is 0 Å². The van der Waals surface area contributed by atoms with Crippen LogP contribution in [0.2, 0.25) is 0 Å². The zero-order chi connectivity index (χ0) is 14.4. The molecule has 0 bridgehead atoms. The summed E-state index contributed by atoms with van der Waals surface area (Å²) in [6.07, 6.45) is 4.68. The smallest absolute Gasteiger partial charge is 0.234 e. The van der Waals surface area contributed by atoms with Gasteiger partial charge in [-0.3, -0.25) is 0 Å². The van der Waals surface area contributed by atoms with Crippen molar-refractivity contribution in [3.63, 3.8) is 0 Å². The maximum absolute atomic E-state index is 13.1. The molecule has 1 fully saturated rings. The van der Waals surface area contributed by atoms with Gasteiger partial charge in [-0.15, -0.1) is 10.2 Å². The van der Waals surface area contributed by atoms with E-state index in [2.05, 4.69) is 15.3 Å². The Balaban J connectivity index is 1.80. The van der Waals surface area contributed by atoms with Crippen molar-refractivity contribution >= 4 is 16.3 Å². The van der Waals surface area contributed by atoms with Crippen LogP contribution in [0.25, 0.3) is 15.5 Å². The third-order valence-electron chi connectivity index (χ3n) is 3.93. The zero-order valence-corrected chi connectivity index (χ0v) is 12.0. The molecule has 2 aromatic heterocycles. The van der Waals surface area contributed by atoms with E-state index in [1.165, 1.54) is 36.3 Å². The first kappa shape index (κ1) is 12.7. The van der Waals surface area contributed by atoms with Crippen LogP contribution in [0.3, 0.4) is 0 Å². The summed E-state index contributed by atoms with van der Waals surface area (Å²) in [5, 5.41) is 23.4. The summed E-state index contributed by atoms with van der Waals surface area (Å²) in [7, 11) is 0. The molecule has 3 aromatic rings. The molecule has 0 amide bonds. The lowest BCUT2D eigenvalue weighted by atomic mass is 10.1. The molecular weight excluding hydrogens is 291 g/mol. The van der Waals surface area contributed by atoms with Gasteiger partial charge in [0.25, 0.3) is 0 Å². The van der Waals surface area contributed by atoms with Crippen LogP contribution in [0.5, 0.6) is 5.75 Å². The molecule has 0 unspecified atom stereocenters.